The molecule has 7 nitrogen and oxygen atoms in total. The van der Waals surface area contributed by atoms with Gasteiger partial charge in [0.15, 0.2) is 22.9 Å². The van der Waals surface area contributed by atoms with Gasteiger partial charge in [-0.25, -0.2) is 9.07 Å². The summed E-state index contributed by atoms with van der Waals surface area (Å²) in [6.45, 7) is 0.578. The fourth-order valence-corrected chi connectivity index (χ4v) is 3.01. The summed E-state index contributed by atoms with van der Waals surface area (Å²) in [6, 6.07) is 9.41. The zero-order valence-corrected chi connectivity index (χ0v) is 15.2. The molecule has 30 heavy (non-hydrogen) atoms. The lowest BCUT2D eigenvalue weighted by molar-refractivity contribution is -0.143. The summed E-state index contributed by atoms with van der Waals surface area (Å²) in [4.78, 5) is 12.5. The topological polar surface area (TPSA) is 78.3 Å². The summed E-state index contributed by atoms with van der Waals surface area (Å²) in [5.41, 5.74) is -2.00. The number of carbonyl (C=O) groups excluding carboxylic acids is 1. The first kappa shape index (κ1) is 19.7. The number of carbonyl (C=O) groups is 1. The van der Waals surface area contributed by atoms with Crippen molar-refractivity contribution in [1.82, 2.24) is 20.3 Å². The Morgan fingerprint density at radius 2 is 1.90 bits per heavy atom. The first-order valence-electron chi connectivity index (χ1n) is 8.79. The molecule has 2 aromatic carbocycles. The third-order valence-electron chi connectivity index (χ3n) is 4.29. The predicted molar refractivity (Wildman–Crippen MR) is 94.9 cm³/mol. The van der Waals surface area contributed by atoms with Crippen LogP contribution in [0.3, 0.4) is 0 Å². The van der Waals surface area contributed by atoms with Crippen LogP contribution >= 0.6 is 0 Å². The van der Waals surface area contributed by atoms with Crippen molar-refractivity contribution in [3.8, 4) is 17.2 Å². The molecule has 3 aromatic rings. The number of ether oxygens (including phenoxy) is 2. The van der Waals surface area contributed by atoms with Crippen LogP contribution in [0, 0.1) is 5.82 Å². The number of benzene rings is 2. The second-order valence-corrected chi connectivity index (χ2v) is 6.30. The van der Waals surface area contributed by atoms with Crippen LogP contribution in [0.15, 0.2) is 42.5 Å². The van der Waals surface area contributed by atoms with Gasteiger partial charge in [-0.05, 0) is 24.3 Å². The maximum absolute atomic E-state index is 13.7. The standard InChI is InChI=1S/C19H14F4N4O3/c20-12-4-2-5-13(9-12)27-17(19(21,22)23)15(25-26-27)18(28)24-10-11-3-1-6-14-16(11)30-8-7-29-14/h1-6,9H,7-8,10H2,(H,24,28). The molecule has 1 aliphatic heterocycles. The maximum Gasteiger partial charge on any atom is 0.435 e. The molecule has 156 valence electrons. The summed E-state index contributed by atoms with van der Waals surface area (Å²) in [7, 11) is 0. The van der Waals surface area contributed by atoms with E-state index in [-0.39, 0.29) is 12.2 Å². The quantitative estimate of drug-likeness (QED) is 0.654. The zero-order chi connectivity index (χ0) is 21.3. The molecule has 4 rings (SSSR count). The van der Waals surface area contributed by atoms with E-state index in [1.54, 1.807) is 18.2 Å². The lowest BCUT2D eigenvalue weighted by Crippen LogP contribution is -2.27. The van der Waals surface area contributed by atoms with Gasteiger partial charge in [0.25, 0.3) is 5.91 Å². The number of nitrogens with zero attached hydrogens (tertiary/aromatic N) is 3. The molecule has 1 aliphatic rings. The van der Waals surface area contributed by atoms with Crippen molar-refractivity contribution in [3.05, 3.63) is 65.2 Å². The number of rotatable bonds is 4. The van der Waals surface area contributed by atoms with Gasteiger partial charge in [-0.15, -0.1) is 5.10 Å². The first-order chi connectivity index (χ1) is 14.3. The van der Waals surface area contributed by atoms with Crippen LogP contribution in [0.1, 0.15) is 21.7 Å². The van der Waals surface area contributed by atoms with Crippen LogP contribution < -0.4 is 14.8 Å². The van der Waals surface area contributed by atoms with E-state index in [0.29, 0.717) is 35.0 Å². The number of hydrogen-bond donors (Lipinski definition) is 1. The summed E-state index contributed by atoms with van der Waals surface area (Å²) >= 11 is 0. The van der Waals surface area contributed by atoms with Gasteiger partial charge in [-0.1, -0.05) is 23.4 Å². The van der Waals surface area contributed by atoms with Crippen LogP contribution in [-0.2, 0) is 12.7 Å². The van der Waals surface area contributed by atoms with Gasteiger partial charge in [0.1, 0.15) is 19.0 Å². The molecule has 0 radical (unpaired) electrons. The van der Waals surface area contributed by atoms with Crippen LogP contribution in [0.4, 0.5) is 17.6 Å². The molecule has 0 atom stereocenters. The van der Waals surface area contributed by atoms with Crippen LogP contribution in [0.25, 0.3) is 5.69 Å². The summed E-state index contributed by atoms with van der Waals surface area (Å²) in [5, 5.41) is 9.20. The lowest BCUT2D eigenvalue weighted by Gasteiger charge is -2.21. The third kappa shape index (κ3) is 3.78. The molecule has 0 aliphatic carbocycles. The molecule has 0 saturated heterocycles. The van der Waals surface area contributed by atoms with Gasteiger partial charge < -0.3 is 14.8 Å². The molecule has 0 saturated carbocycles. The Hall–Kier alpha value is -3.63. The van der Waals surface area contributed by atoms with Crippen molar-refractivity contribution < 1.29 is 31.8 Å². The van der Waals surface area contributed by atoms with Crippen LogP contribution in [0.5, 0.6) is 11.5 Å². The summed E-state index contributed by atoms with van der Waals surface area (Å²) in [6.07, 6.45) is -4.95. The highest BCUT2D eigenvalue weighted by atomic mass is 19.4. The number of para-hydroxylation sites is 1. The minimum Gasteiger partial charge on any atom is -0.486 e. The summed E-state index contributed by atoms with van der Waals surface area (Å²) in [5.74, 6) is -0.929. The van der Waals surface area contributed by atoms with Crippen molar-refractivity contribution in [1.29, 1.82) is 0 Å². The second-order valence-electron chi connectivity index (χ2n) is 6.30. The van der Waals surface area contributed by atoms with E-state index in [1.165, 1.54) is 12.1 Å². The van der Waals surface area contributed by atoms with E-state index in [9.17, 15) is 22.4 Å². The Morgan fingerprint density at radius 1 is 1.13 bits per heavy atom. The molecular weight excluding hydrogens is 408 g/mol. The highest BCUT2D eigenvalue weighted by Crippen LogP contribution is 2.34. The number of aromatic nitrogens is 3. The van der Waals surface area contributed by atoms with Gasteiger partial charge in [0.05, 0.1) is 5.69 Å². The average molecular weight is 422 g/mol. The van der Waals surface area contributed by atoms with E-state index >= 15 is 0 Å². The number of fused-ring (bicyclic) bond motifs is 1. The number of amides is 1. The first-order valence-corrected chi connectivity index (χ1v) is 8.79. The fourth-order valence-electron chi connectivity index (χ4n) is 3.01. The van der Waals surface area contributed by atoms with Gasteiger partial charge in [0.2, 0.25) is 0 Å². The van der Waals surface area contributed by atoms with Gasteiger partial charge >= 0.3 is 6.18 Å². The van der Waals surface area contributed by atoms with Gasteiger partial charge in [0, 0.05) is 12.1 Å². The van der Waals surface area contributed by atoms with E-state index < -0.39 is 29.3 Å². The molecule has 0 fully saturated rings. The van der Waals surface area contributed by atoms with Gasteiger partial charge in [-0.3, -0.25) is 4.79 Å². The molecule has 0 spiro atoms. The van der Waals surface area contributed by atoms with Crippen molar-refractivity contribution in [2.45, 2.75) is 12.7 Å². The molecular formula is C19H14F4N4O3. The normalized spacial score (nSPS) is 13.2. The number of alkyl halides is 3. The Kier molecular flexibility index (Phi) is 5.02. The van der Waals surface area contributed by atoms with Crippen molar-refractivity contribution in [3.63, 3.8) is 0 Å². The third-order valence-corrected chi connectivity index (χ3v) is 4.29. The van der Waals surface area contributed by atoms with E-state index in [0.717, 1.165) is 12.1 Å². The van der Waals surface area contributed by atoms with E-state index in [4.69, 9.17) is 9.47 Å². The van der Waals surface area contributed by atoms with Crippen LogP contribution in [-0.4, -0.2) is 34.1 Å². The largest absolute Gasteiger partial charge is 0.486 e. The van der Waals surface area contributed by atoms with Crippen molar-refractivity contribution >= 4 is 5.91 Å². The number of hydrogen-bond acceptors (Lipinski definition) is 5. The molecule has 1 aromatic heterocycles. The minimum absolute atomic E-state index is 0.116. The number of nitrogens with one attached hydrogen (secondary N) is 1. The predicted octanol–water partition coefficient (Wildman–Crippen LogP) is 3.13. The van der Waals surface area contributed by atoms with Crippen molar-refractivity contribution in [2.24, 2.45) is 0 Å². The number of halogens is 4. The molecule has 0 unspecified atom stereocenters. The Morgan fingerprint density at radius 3 is 2.67 bits per heavy atom. The highest BCUT2D eigenvalue weighted by molar-refractivity contribution is 5.93. The van der Waals surface area contributed by atoms with E-state index in [2.05, 4.69) is 15.6 Å². The zero-order valence-electron chi connectivity index (χ0n) is 15.2. The molecule has 0 bridgehead atoms. The smallest absolute Gasteiger partial charge is 0.435 e. The Bertz CT molecular complexity index is 1100. The monoisotopic (exact) mass is 422 g/mol. The molecule has 2 heterocycles. The maximum atomic E-state index is 13.7. The summed E-state index contributed by atoms with van der Waals surface area (Å²) < 4.78 is 65.8. The van der Waals surface area contributed by atoms with Crippen LogP contribution in [0.2, 0.25) is 0 Å². The second kappa shape index (κ2) is 7.65. The highest BCUT2D eigenvalue weighted by Gasteiger charge is 2.42. The minimum atomic E-state index is -4.95. The average Bonchev–Trinajstić information content (AvgIpc) is 3.18. The van der Waals surface area contributed by atoms with E-state index in [1.807, 2.05) is 0 Å². The molecule has 1 N–H and O–H groups in total. The SMILES string of the molecule is O=C(NCc1cccc2c1OCCO2)c1nnn(-c2cccc(F)c2)c1C(F)(F)F. The molecule has 1 amide bonds. The molecule has 11 heteroatoms. The lowest BCUT2D eigenvalue weighted by atomic mass is 10.1. The van der Waals surface area contributed by atoms with Gasteiger partial charge in [-0.2, -0.15) is 13.2 Å². The fraction of sp³-hybridized carbons (Fsp3) is 0.211. The van der Waals surface area contributed by atoms with Crippen molar-refractivity contribution in [2.75, 3.05) is 13.2 Å². The Labute approximate surface area is 167 Å². The Balaban J connectivity index is 1.62.